The van der Waals surface area contributed by atoms with Gasteiger partial charge in [0.2, 0.25) is 0 Å². The lowest BCUT2D eigenvalue weighted by atomic mass is 10.1. The first-order valence-electron chi connectivity index (χ1n) is 10.4. The third-order valence-electron chi connectivity index (χ3n) is 5.28. The van der Waals surface area contributed by atoms with Crippen molar-refractivity contribution in [1.29, 1.82) is 0 Å². The maximum atomic E-state index is 12.9. The summed E-state index contributed by atoms with van der Waals surface area (Å²) >= 11 is 0. The van der Waals surface area contributed by atoms with E-state index in [1.54, 1.807) is 36.9 Å². The Morgan fingerprint density at radius 2 is 1.61 bits per heavy atom. The van der Waals surface area contributed by atoms with E-state index in [1.165, 1.54) is 4.68 Å². The largest absolute Gasteiger partial charge is 0.481 e. The fourth-order valence-corrected chi connectivity index (χ4v) is 3.53. The molecule has 0 radical (unpaired) electrons. The topological polar surface area (TPSA) is 91.6 Å². The summed E-state index contributed by atoms with van der Waals surface area (Å²) in [5, 5.41) is 4.41. The summed E-state index contributed by atoms with van der Waals surface area (Å²) in [5.74, 6) is -0.750. The molecule has 4 aromatic rings. The average Bonchev–Trinajstić information content (AvgIpc) is 3.04. The monoisotopic (exact) mass is 445 g/mol. The predicted molar refractivity (Wildman–Crippen MR) is 125 cm³/mol. The molecular weight excluding hydrogens is 422 g/mol. The molecule has 0 spiro atoms. The number of hydrogen-bond acceptors (Lipinski definition) is 5. The molecule has 1 aromatic heterocycles. The maximum Gasteiger partial charge on any atom is 0.344 e. The highest BCUT2D eigenvalue weighted by Gasteiger charge is 2.19. The van der Waals surface area contributed by atoms with E-state index in [4.69, 9.17) is 9.47 Å². The summed E-state index contributed by atoms with van der Waals surface area (Å²) in [6.07, 6.45) is 0. The Balaban J connectivity index is 1.36. The van der Waals surface area contributed by atoms with E-state index < -0.39 is 18.5 Å². The zero-order valence-electron chi connectivity index (χ0n) is 18.3. The molecule has 0 saturated heterocycles. The number of benzene rings is 3. The van der Waals surface area contributed by atoms with Gasteiger partial charge < -0.3 is 14.8 Å². The van der Waals surface area contributed by atoms with Gasteiger partial charge in [-0.1, -0.05) is 54.6 Å². The van der Waals surface area contributed by atoms with Gasteiger partial charge in [-0.2, -0.15) is 0 Å². The van der Waals surface area contributed by atoms with Crippen molar-refractivity contribution in [3.63, 3.8) is 0 Å². The number of carbonyl (C=O) groups excluding carboxylic acids is 2. The van der Waals surface area contributed by atoms with Crippen molar-refractivity contribution in [3.05, 3.63) is 88.8 Å². The lowest BCUT2D eigenvalue weighted by Gasteiger charge is -2.09. The first-order valence-corrected chi connectivity index (χ1v) is 10.4. The van der Waals surface area contributed by atoms with E-state index in [0.717, 1.165) is 10.8 Å². The maximum absolute atomic E-state index is 12.9. The Morgan fingerprint density at radius 1 is 0.909 bits per heavy atom. The molecule has 0 unspecified atom stereocenters. The van der Waals surface area contributed by atoms with Crippen LogP contribution >= 0.6 is 0 Å². The van der Waals surface area contributed by atoms with Gasteiger partial charge in [-0.05, 0) is 30.5 Å². The third-order valence-corrected chi connectivity index (χ3v) is 5.28. The van der Waals surface area contributed by atoms with Crippen LogP contribution in [0.2, 0.25) is 0 Å². The van der Waals surface area contributed by atoms with E-state index >= 15 is 0 Å². The number of esters is 1. The Morgan fingerprint density at radius 3 is 2.39 bits per heavy atom. The van der Waals surface area contributed by atoms with Crippen LogP contribution in [0, 0.1) is 6.92 Å². The van der Waals surface area contributed by atoms with Crippen LogP contribution in [0.3, 0.4) is 0 Å². The molecule has 0 atom stereocenters. The molecular formula is C25H23N3O5. The first-order chi connectivity index (χ1) is 16.0. The second-order valence-electron chi connectivity index (χ2n) is 7.41. The van der Waals surface area contributed by atoms with Gasteiger partial charge in [-0.25, -0.2) is 9.48 Å². The smallest absolute Gasteiger partial charge is 0.344 e. The van der Waals surface area contributed by atoms with Gasteiger partial charge in [0, 0.05) is 12.4 Å². The number of amides is 1. The van der Waals surface area contributed by atoms with Crippen LogP contribution in [-0.2, 0) is 21.4 Å². The summed E-state index contributed by atoms with van der Waals surface area (Å²) in [6.45, 7) is 0.851. The van der Waals surface area contributed by atoms with Crippen molar-refractivity contribution in [2.24, 2.45) is 7.05 Å². The van der Waals surface area contributed by atoms with Crippen molar-refractivity contribution < 1.29 is 19.1 Å². The van der Waals surface area contributed by atoms with Crippen LogP contribution in [0.1, 0.15) is 5.69 Å². The molecule has 1 heterocycles. The van der Waals surface area contributed by atoms with Gasteiger partial charge in [-0.15, -0.1) is 0 Å². The SMILES string of the molecule is Cc1c(NC(=O)COC(=O)COc2cccc3ccccc23)c(=O)n(-c2ccccc2)n1C. The summed E-state index contributed by atoms with van der Waals surface area (Å²) in [5.41, 5.74) is 1.00. The van der Waals surface area contributed by atoms with Crippen molar-refractivity contribution in [3.8, 4) is 11.4 Å². The molecule has 8 heteroatoms. The Hall–Kier alpha value is -4.33. The number of anilines is 1. The average molecular weight is 445 g/mol. The second-order valence-corrected chi connectivity index (χ2v) is 7.41. The van der Waals surface area contributed by atoms with Crippen molar-refractivity contribution in [2.45, 2.75) is 6.92 Å². The van der Waals surface area contributed by atoms with Crippen molar-refractivity contribution in [2.75, 3.05) is 18.5 Å². The Bertz CT molecular complexity index is 1370. The number of fused-ring (bicyclic) bond motifs is 1. The standard InChI is InChI=1S/C25H23N3O5/c1-17-24(25(31)28(27(17)2)19-11-4-3-5-12-19)26-22(29)15-33-23(30)16-32-21-14-8-10-18-9-6-7-13-20(18)21/h3-14H,15-16H2,1-2H3,(H,26,29). The summed E-state index contributed by atoms with van der Waals surface area (Å²) in [4.78, 5) is 37.3. The molecule has 4 rings (SSSR count). The minimum absolute atomic E-state index is 0.134. The zero-order chi connectivity index (χ0) is 23.4. The van der Waals surface area contributed by atoms with Crippen LogP contribution in [0.4, 0.5) is 5.69 Å². The van der Waals surface area contributed by atoms with Crippen LogP contribution in [-0.4, -0.2) is 34.5 Å². The molecule has 3 aromatic carbocycles. The summed E-state index contributed by atoms with van der Waals surface area (Å²) < 4.78 is 13.7. The van der Waals surface area contributed by atoms with Gasteiger partial charge in [0.1, 0.15) is 11.4 Å². The molecule has 0 fully saturated rings. The quantitative estimate of drug-likeness (QED) is 0.441. The fraction of sp³-hybridized carbons (Fsp3) is 0.160. The Labute approximate surface area is 189 Å². The predicted octanol–water partition coefficient (Wildman–Crippen LogP) is 3.20. The number of para-hydroxylation sites is 1. The van der Waals surface area contributed by atoms with Crippen LogP contribution in [0.15, 0.2) is 77.6 Å². The molecule has 0 aliphatic rings. The van der Waals surface area contributed by atoms with E-state index in [0.29, 0.717) is 17.1 Å². The lowest BCUT2D eigenvalue weighted by Crippen LogP contribution is -2.27. The molecule has 168 valence electrons. The van der Waals surface area contributed by atoms with Gasteiger partial charge in [0.25, 0.3) is 11.5 Å². The summed E-state index contributed by atoms with van der Waals surface area (Å²) in [7, 11) is 1.73. The van der Waals surface area contributed by atoms with E-state index in [-0.39, 0.29) is 17.9 Å². The lowest BCUT2D eigenvalue weighted by molar-refractivity contribution is -0.149. The van der Waals surface area contributed by atoms with Gasteiger partial charge in [0.15, 0.2) is 13.2 Å². The molecule has 1 N–H and O–H groups in total. The highest BCUT2D eigenvalue weighted by atomic mass is 16.6. The van der Waals surface area contributed by atoms with Crippen LogP contribution < -0.4 is 15.6 Å². The minimum Gasteiger partial charge on any atom is -0.481 e. The molecule has 33 heavy (non-hydrogen) atoms. The highest BCUT2D eigenvalue weighted by Crippen LogP contribution is 2.25. The van der Waals surface area contributed by atoms with E-state index in [1.807, 2.05) is 54.6 Å². The van der Waals surface area contributed by atoms with Crippen molar-refractivity contribution in [1.82, 2.24) is 9.36 Å². The molecule has 8 nitrogen and oxygen atoms in total. The number of aromatic nitrogens is 2. The van der Waals surface area contributed by atoms with Crippen molar-refractivity contribution >= 4 is 28.3 Å². The highest BCUT2D eigenvalue weighted by molar-refractivity contribution is 5.93. The molecule has 0 aliphatic heterocycles. The molecule has 1 amide bonds. The van der Waals surface area contributed by atoms with Crippen LogP contribution in [0.25, 0.3) is 16.5 Å². The number of ether oxygens (including phenoxy) is 2. The molecule has 0 saturated carbocycles. The number of nitrogens with zero attached hydrogens (tertiary/aromatic N) is 2. The summed E-state index contributed by atoms with van der Waals surface area (Å²) in [6, 6.07) is 22.3. The van der Waals surface area contributed by atoms with Gasteiger partial charge in [-0.3, -0.25) is 14.3 Å². The number of nitrogens with one attached hydrogen (secondary N) is 1. The second kappa shape index (κ2) is 9.44. The number of hydrogen-bond donors (Lipinski definition) is 1. The molecule has 0 aliphatic carbocycles. The minimum atomic E-state index is -0.690. The number of rotatable bonds is 7. The van der Waals surface area contributed by atoms with E-state index in [2.05, 4.69) is 5.32 Å². The van der Waals surface area contributed by atoms with Gasteiger partial charge >= 0.3 is 5.97 Å². The third kappa shape index (κ3) is 4.64. The van der Waals surface area contributed by atoms with Gasteiger partial charge in [0.05, 0.1) is 11.4 Å². The first kappa shape index (κ1) is 21.9. The zero-order valence-corrected chi connectivity index (χ0v) is 18.3. The fourth-order valence-electron chi connectivity index (χ4n) is 3.53. The normalized spacial score (nSPS) is 10.7. The number of carbonyl (C=O) groups is 2. The molecule has 0 bridgehead atoms. The Kier molecular flexibility index (Phi) is 6.26. The van der Waals surface area contributed by atoms with E-state index in [9.17, 15) is 14.4 Å². The van der Waals surface area contributed by atoms with Crippen LogP contribution in [0.5, 0.6) is 5.75 Å².